The minimum Gasteiger partial charge on any atom is -0.385 e. The summed E-state index contributed by atoms with van der Waals surface area (Å²) < 4.78 is 0. The van der Waals surface area contributed by atoms with Crippen LogP contribution in [0.1, 0.15) is 41.5 Å². The van der Waals surface area contributed by atoms with Gasteiger partial charge in [0.25, 0.3) is 0 Å². The fourth-order valence-electron chi connectivity index (χ4n) is 3.48. The number of carbonyl (C=O) groups is 1. The number of hydrogen-bond acceptors (Lipinski definition) is 2. The number of carbonyl (C=O) groups excluding carboxylic acids is 1. The van der Waals surface area contributed by atoms with Crippen molar-refractivity contribution in [2.24, 2.45) is 22.7 Å². The Labute approximate surface area is 86.7 Å². The van der Waals surface area contributed by atoms with E-state index in [1.807, 2.05) is 20.8 Å². The van der Waals surface area contributed by atoms with Crippen molar-refractivity contribution in [3.05, 3.63) is 0 Å². The van der Waals surface area contributed by atoms with Crippen molar-refractivity contribution in [3.63, 3.8) is 0 Å². The Morgan fingerprint density at radius 2 is 1.71 bits per heavy atom. The minimum atomic E-state index is -0.769. The SMILES string of the molecule is CC1C(O)C(=O)C(C)(C)C1C(C)(C)C. The fourth-order valence-corrected chi connectivity index (χ4v) is 3.48. The molecule has 1 aliphatic carbocycles. The van der Waals surface area contributed by atoms with Gasteiger partial charge < -0.3 is 5.11 Å². The molecule has 1 N–H and O–H groups in total. The van der Waals surface area contributed by atoms with Crippen LogP contribution in [0.4, 0.5) is 0 Å². The van der Waals surface area contributed by atoms with Gasteiger partial charge in [0.15, 0.2) is 5.78 Å². The van der Waals surface area contributed by atoms with Crippen molar-refractivity contribution in [2.45, 2.75) is 47.6 Å². The monoisotopic (exact) mass is 198 g/mol. The normalized spacial score (nSPS) is 37.6. The zero-order valence-electron chi connectivity index (χ0n) is 10.1. The lowest BCUT2D eigenvalue weighted by Gasteiger charge is -2.38. The second kappa shape index (κ2) is 3.06. The Bertz CT molecular complexity index is 248. The minimum absolute atomic E-state index is 0.00456. The molecular formula is C12H22O2. The van der Waals surface area contributed by atoms with Gasteiger partial charge in [0, 0.05) is 5.41 Å². The highest BCUT2D eigenvalue weighted by molar-refractivity contribution is 5.91. The van der Waals surface area contributed by atoms with Gasteiger partial charge >= 0.3 is 0 Å². The topological polar surface area (TPSA) is 37.3 Å². The molecule has 0 spiro atoms. The Morgan fingerprint density at radius 3 is 1.86 bits per heavy atom. The van der Waals surface area contributed by atoms with E-state index in [1.54, 1.807) is 0 Å². The molecule has 14 heavy (non-hydrogen) atoms. The van der Waals surface area contributed by atoms with Crippen molar-refractivity contribution >= 4 is 5.78 Å². The van der Waals surface area contributed by atoms with Crippen LogP contribution in [0.2, 0.25) is 0 Å². The summed E-state index contributed by atoms with van der Waals surface area (Å²) in [5.74, 6) is 0.319. The predicted molar refractivity (Wildman–Crippen MR) is 56.9 cm³/mol. The first-order valence-electron chi connectivity index (χ1n) is 5.32. The summed E-state index contributed by atoms with van der Waals surface area (Å²) in [4.78, 5) is 11.8. The van der Waals surface area contributed by atoms with E-state index in [4.69, 9.17) is 0 Å². The maximum Gasteiger partial charge on any atom is 0.167 e. The van der Waals surface area contributed by atoms with Crippen molar-refractivity contribution in [1.82, 2.24) is 0 Å². The largest absolute Gasteiger partial charge is 0.385 e. The summed E-state index contributed by atoms with van der Waals surface area (Å²) in [5, 5.41) is 9.79. The Morgan fingerprint density at radius 1 is 1.29 bits per heavy atom. The Balaban J connectivity index is 3.13. The van der Waals surface area contributed by atoms with E-state index >= 15 is 0 Å². The third-order valence-corrected chi connectivity index (χ3v) is 3.64. The second-order valence-corrected chi connectivity index (χ2v) is 6.23. The molecule has 2 heteroatoms. The molecule has 1 saturated carbocycles. The maximum absolute atomic E-state index is 11.8. The van der Waals surface area contributed by atoms with Crippen LogP contribution in [-0.2, 0) is 4.79 Å². The molecule has 1 aliphatic rings. The summed E-state index contributed by atoms with van der Waals surface area (Å²) in [5.41, 5.74) is -0.326. The van der Waals surface area contributed by atoms with Crippen molar-refractivity contribution < 1.29 is 9.90 Å². The lowest BCUT2D eigenvalue weighted by atomic mass is 9.65. The molecule has 0 aromatic carbocycles. The van der Waals surface area contributed by atoms with Crippen LogP contribution in [0.15, 0.2) is 0 Å². The van der Waals surface area contributed by atoms with Gasteiger partial charge in [0.1, 0.15) is 6.10 Å². The molecule has 0 aromatic heterocycles. The van der Waals surface area contributed by atoms with Crippen LogP contribution in [-0.4, -0.2) is 17.0 Å². The van der Waals surface area contributed by atoms with E-state index in [0.29, 0.717) is 0 Å². The van der Waals surface area contributed by atoms with E-state index in [2.05, 4.69) is 20.8 Å². The predicted octanol–water partition coefficient (Wildman–Crippen LogP) is 2.25. The molecule has 0 aliphatic heterocycles. The lowest BCUT2D eigenvalue weighted by Crippen LogP contribution is -2.36. The van der Waals surface area contributed by atoms with Gasteiger partial charge in [-0.2, -0.15) is 0 Å². The van der Waals surface area contributed by atoms with Gasteiger partial charge in [0.2, 0.25) is 0 Å². The summed E-state index contributed by atoms with van der Waals surface area (Å²) in [7, 11) is 0. The van der Waals surface area contributed by atoms with Crippen LogP contribution in [0.25, 0.3) is 0 Å². The summed E-state index contributed by atoms with van der Waals surface area (Å²) in [6.45, 7) is 12.3. The molecule has 0 radical (unpaired) electrons. The second-order valence-electron chi connectivity index (χ2n) is 6.23. The molecule has 0 heterocycles. The average molecular weight is 198 g/mol. The first-order chi connectivity index (χ1) is 6.10. The Kier molecular flexibility index (Phi) is 2.56. The van der Waals surface area contributed by atoms with Gasteiger partial charge in [-0.15, -0.1) is 0 Å². The van der Waals surface area contributed by atoms with Gasteiger partial charge in [-0.05, 0) is 17.3 Å². The van der Waals surface area contributed by atoms with Crippen LogP contribution in [0, 0.1) is 22.7 Å². The van der Waals surface area contributed by atoms with Crippen LogP contribution in [0.5, 0.6) is 0 Å². The maximum atomic E-state index is 11.8. The molecule has 82 valence electrons. The highest BCUT2D eigenvalue weighted by Crippen LogP contribution is 2.52. The van der Waals surface area contributed by atoms with E-state index in [9.17, 15) is 9.90 Å². The smallest absolute Gasteiger partial charge is 0.167 e. The first kappa shape index (κ1) is 11.7. The van der Waals surface area contributed by atoms with Crippen molar-refractivity contribution in [1.29, 1.82) is 0 Å². The number of aliphatic hydroxyl groups is 1. The Hall–Kier alpha value is -0.370. The van der Waals surface area contributed by atoms with Gasteiger partial charge in [-0.25, -0.2) is 0 Å². The molecule has 2 nitrogen and oxygen atoms in total. The fraction of sp³-hybridized carbons (Fsp3) is 0.917. The van der Waals surface area contributed by atoms with Gasteiger partial charge in [-0.1, -0.05) is 41.5 Å². The lowest BCUT2D eigenvalue weighted by molar-refractivity contribution is -0.132. The third-order valence-electron chi connectivity index (χ3n) is 3.64. The number of aliphatic hydroxyl groups excluding tert-OH is 1. The van der Waals surface area contributed by atoms with E-state index < -0.39 is 11.5 Å². The summed E-state index contributed by atoms with van der Waals surface area (Å²) >= 11 is 0. The number of rotatable bonds is 0. The standard InChI is InChI=1S/C12H22O2/c1-7-8(13)10(14)12(5,6)9(7)11(2,3)4/h7-9,13H,1-6H3. The molecule has 0 bridgehead atoms. The number of ketones is 1. The average Bonchev–Trinajstić information content (AvgIpc) is 2.10. The number of hydrogen-bond donors (Lipinski definition) is 1. The van der Waals surface area contributed by atoms with E-state index in [1.165, 1.54) is 0 Å². The van der Waals surface area contributed by atoms with E-state index in [0.717, 1.165) is 0 Å². The molecule has 3 unspecified atom stereocenters. The molecule has 3 atom stereocenters. The molecule has 0 amide bonds. The summed E-state index contributed by atoms with van der Waals surface area (Å²) in [6.07, 6.45) is -0.769. The zero-order valence-corrected chi connectivity index (χ0v) is 10.1. The molecule has 1 rings (SSSR count). The molecule has 1 fully saturated rings. The summed E-state index contributed by atoms with van der Waals surface area (Å²) in [6, 6.07) is 0. The van der Waals surface area contributed by atoms with Crippen LogP contribution >= 0.6 is 0 Å². The number of Topliss-reactive ketones (excluding diaryl/α,β-unsaturated/α-hetero) is 1. The highest BCUT2D eigenvalue weighted by Gasteiger charge is 2.56. The van der Waals surface area contributed by atoms with Crippen molar-refractivity contribution in [2.75, 3.05) is 0 Å². The zero-order chi connectivity index (χ0) is 11.3. The molecular weight excluding hydrogens is 176 g/mol. The molecule has 0 aromatic rings. The first-order valence-corrected chi connectivity index (χ1v) is 5.32. The van der Waals surface area contributed by atoms with Gasteiger partial charge in [-0.3, -0.25) is 4.79 Å². The van der Waals surface area contributed by atoms with E-state index in [-0.39, 0.29) is 23.0 Å². The van der Waals surface area contributed by atoms with Crippen LogP contribution in [0.3, 0.4) is 0 Å². The quantitative estimate of drug-likeness (QED) is 0.648. The van der Waals surface area contributed by atoms with Gasteiger partial charge in [0.05, 0.1) is 0 Å². The highest BCUT2D eigenvalue weighted by atomic mass is 16.3. The van der Waals surface area contributed by atoms with Crippen LogP contribution < -0.4 is 0 Å². The third kappa shape index (κ3) is 1.50. The van der Waals surface area contributed by atoms with Crippen molar-refractivity contribution in [3.8, 4) is 0 Å². The molecule has 0 saturated heterocycles.